The first-order valence-corrected chi connectivity index (χ1v) is 6.57. The molecule has 0 bridgehead atoms. The molecule has 1 unspecified atom stereocenters. The Morgan fingerprint density at radius 2 is 1.71 bits per heavy atom. The first-order valence-electron chi connectivity index (χ1n) is 6.57. The molecule has 1 aliphatic rings. The van der Waals surface area contributed by atoms with Crippen molar-refractivity contribution in [2.24, 2.45) is 0 Å². The molecule has 0 saturated heterocycles. The molecule has 3 rings (SSSR count). The zero-order valence-electron chi connectivity index (χ0n) is 11.4. The van der Waals surface area contributed by atoms with Crippen LogP contribution in [0.5, 0.6) is 0 Å². The highest BCUT2D eigenvalue weighted by atomic mass is 16.6. The van der Waals surface area contributed by atoms with E-state index in [9.17, 15) is 9.59 Å². The Morgan fingerprint density at radius 3 is 2.43 bits per heavy atom. The van der Waals surface area contributed by atoms with Crippen LogP contribution in [0.1, 0.15) is 29.1 Å². The third kappa shape index (κ3) is 2.72. The zero-order valence-corrected chi connectivity index (χ0v) is 11.4. The zero-order chi connectivity index (χ0) is 14.8. The lowest BCUT2D eigenvalue weighted by Crippen LogP contribution is -2.10. The van der Waals surface area contributed by atoms with Gasteiger partial charge in [0.1, 0.15) is 0 Å². The molecule has 1 heterocycles. The summed E-state index contributed by atoms with van der Waals surface area (Å²) in [7, 11) is 0. The van der Waals surface area contributed by atoms with Crippen molar-refractivity contribution >= 4 is 23.3 Å². The SMILES string of the molecule is CC(=O)Nc1ccc(NC2OC(=O)c3ccccc32)cc1. The van der Waals surface area contributed by atoms with E-state index in [0.29, 0.717) is 5.56 Å². The largest absolute Gasteiger partial charge is 0.434 e. The average molecular weight is 282 g/mol. The number of nitrogens with one attached hydrogen (secondary N) is 2. The summed E-state index contributed by atoms with van der Waals surface area (Å²) in [5.41, 5.74) is 2.94. The van der Waals surface area contributed by atoms with Crippen LogP contribution in [0.4, 0.5) is 11.4 Å². The Labute approximate surface area is 121 Å². The smallest absolute Gasteiger partial charge is 0.340 e. The summed E-state index contributed by atoms with van der Waals surface area (Å²) in [6, 6.07) is 14.5. The number of esters is 1. The van der Waals surface area contributed by atoms with E-state index in [2.05, 4.69) is 10.6 Å². The number of hydrogen-bond acceptors (Lipinski definition) is 4. The third-order valence-electron chi connectivity index (χ3n) is 3.19. The molecule has 1 aliphatic heterocycles. The molecule has 2 aromatic rings. The fourth-order valence-electron chi connectivity index (χ4n) is 2.26. The summed E-state index contributed by atoms with van der Waals surface area (Å²) in [6.07, 6.45) is -0.486. The van der Waals surface area contributed by atoms with Crippen LogP contribution in [-0.4, -0.2) is 11.9 Å². The van der Waals surface area contributed by atoms with E-state index in [4.69, 9.17) is 4.74 Å². The second-order valence-electron chi connectivity index (χ2n) is 4.78. The molecule has 106 valence electrons. The molecule has 0 radical (unpaired) electrons. The Balaban J connectivity index is 1.76. The van der Waals surface area contributed by atoms with Gasteiger partial charge >= 0.3 is 5.97 Å². The number of carbonyl (C=O) groups is 2. The Morgan fingerprint density at radius 1 is 1.05 bits per heavy atom. The second-order valence-corrected chi connectivity index (χ2v) is 4.78. The maximum Gasteiger partial charge on any atom is 0.340 e. The van der Waals surface area contributed by atoms with Gasteiger partial charge in [-0.1, -0.05) is 18.2 Å². The molecule has 0 aromatic heterocycles. The molecule has 0 spiro atoms. The lowest BCUT2D eigenvalue weighted by molar-refractivity contribution is -0.114. The molecule has 0 saturated carbocycles. The first-order chi connectivity index (χ1) is 10.1. The minimum Gasteiger partial charge on any atom is -0.434 e. The van der Waals surface area contributed by atoms with Gasteiger partial charge in [-0.2, -0.15) is 0 Å². The highest BCUT2D eigenvalue weighted by molar-refractivity contribution is 5.94. The van der Waals surface area contributed by atoms with Crippen molar-refractivity contribution < 1.29 is 14.3 Å². The third-order valence-corrected chi connectivity index (χ3v) is 3.19. The lowest BCUT2D eigenvalue weighted by atomic mass is 10.1. The van der Waals surface area contributed by atoms with Gasteiger partial charge in [0, 0.05) is 23.9 Å². The summed E-state index contributed by atoms with van der Waals surface area (Å²) in [5, 5.41) is 5.85. The Kier molecular flexibility index (Phi) is 3.31. The van der Waals surface area contributed by atoms with Crippen LogP contribution in [0.3, 0.4) is 0 Å². The fourth-order valence-corrected chi connectivity index (χ4v) is 2.26. The number of ether oxygens (including phenoxy) is 1. The first kappa shape index (κ1) is 13.2. The number of rotatable bonds is 3. The number of carbonyl (C=O) groups excluding carboxylic acids is 2. The summed E-state index contributed by atoms with van der Waals surface area (Å²) in [5.74, 6) is -0.438. The van der Waals surface area contributed by atoms with Crippen LogP contribution in [-0.2, 0) is 9.53 Å². The minimum atomic E-state index is -0.486. The normalized spacial score (nSPS) is 16.0. The summed E-state index contributed by atoms with van der Waals surface area (Å²) in [4.78, 5) is 22.7. The molecule has 1 atom stereocenters. The number of hydrogen-bond donors (Lipinski definition) is 2. The van der Waals surface area contributed by atoms with Crippen molar-refractivity contribution in [1.82, 2.24) is 0 Å². The van der Waals surface area contributed by atoms with Crippen molar-refractivity contribution in [1.29, 1.82) is 0 Å². The van der Waals surface area contributed by atoms with Gasteiger partial charge in [-0.05, 0) is 30.3 Å². The Hall–Kier alpha value is -2.82. The van der Waals surface area contributed by atoms with Gasteiger partial charge in [-0.25, -0.2) is 4.79 Å². The van der Waals surface area contributed by atoms with Crippen molar-refractivity contribution in [3.05, 3.63) is 59.7 Å². The van der Waals surface area contributed by atoms with E-state index in [1.165, 1.54) is 6.92 Å². The van der Waals surface area contributed by atoms with Gasteiger partial charge in [0.15, 0.2) is 0 Å². The molecule has 0 fully saturated rings. The Bertz CT molecular complexity index is 695. The van der Waals surface area contributed by atoms with Gasteiger partial charge < -0.3 is 15.4 Å². The predicted molar refractivity (Wildman–Crippen MR) is 79.0 cm³/mol. The standard InChI is InChI=1S/C16H14N2O3/c1-10(19)17-11-6-8-12(9-7-11)18-15-13-4-2-3-5-14(13)16(20)21-15/h2-9,15,18H,1H3,(H,17,19). The van der Waals surface area contributed by atoms with E-state index in [1.54, 1.807) is 18.2 Å². The van der Waals surface area contributed by atoms with Crippen molar-refractivity contribution in [3.63, 3.8) is 0 Å². The molecule has 21 heavy (non-hydrogen) atoms. The molecular weight excluding hydrogens is 268 g/mol. The van der Waals surface area contributed by atoms with E-state index in [1.807, 2.05) is 30.3 Å². The monoisotopic (exact) mass is 282 g/mol. The number of cyclic esters (lactones) is 1. The molecular formula is C16H14N2O3. The molecule has 1 amide bonds. The highest BCUT2D eigenvalue weighted by Gasteiger charge is 2.30. The highest BCUT2D eigenvalue weighted by Crippen LogP contribution is 2.31. The van der Waals surface area contributed by atoms with E-state index in [0.717, 1.165) is 16.9 Å². The van der Waals surface area contributed by atoms with E-state index in [-0.39, 0.29) is 11.9 Å². The second kappa shape index (κ2) is 5.28. The molecule has 5 heteroatoms. The minimum absolute atomic E-state index is 0.116. The fraction of sp³-hybridized carbons (Fsp3) is 0.125. The van der Waals surface area contributed by atoms with E-state index < -0.39 is 6.23 Å². The van der Waals surface area contributed by atoms with Gasteiger partial charge in [-0.15, -0.1) is 0 Å². The maximum atomic E-state index is 11.7. The van der Waals surface area contributed by atoms with Gasteiger partial charge in [0.2, 0.25) is 12.1 Å². The summed E-state index contributed by atoms with van der Waals surface area (Å²) >= 11 is 0. The van der Waals surface area contributed by atoms with Crippen LogP contribution in [0.15, 0.2) is 48.5 Å². The average Bonchev–Trinajstić information content (AvgIpc) is 2.78. The van der Waals surface area contributed by atoms with E-state index >= 15 is 0 Å². The summed E-state index contributed by atoms with van der Waals surface area (Å²) in [6.45, 7) is 1.46. The predicted octanol–water partition coefficient (Wildman–Crippen LogP) is 2.93. The lowest BCUT2D eigenvalue weighted by Gasteiger charge is -2.14. The number of fused-ring (bicyclic) bond motifs is 1. The topological polar surface area (TPSA) is 67.4 Å². The molecule has 5 nitrogen and oxygen atoms in total. The quantitative estimate of drug-likeness (QED) is 0.849. The van der Waals surface area contributed by atoms with Crippen LogP contribution < -0.4 is 10.6 Å². The van der Waals surface area contributed by atoms with Crippen molar-refractivity contribution in [2.45, 2.75) is 13.2 Å². The number of benzene rings is 2. The van der Waals surface area contributed by atoms with Crippen LogP contribution in [0.2, 0.25) is 0 Å². The van der Waals surface area contributed by atoms with Crippen molar-refractivity contribution in [3.8, 4) is 0 Å². The van der Waals surface area contributed by atoms with Crippen molar-refractivity contribution in [2.75, 3.05) is 10.6 Å². The summed E-state index contributed by atoms with van der Waals surface area (Å²) < 4.78 is 5.31. The van der Waals surface area contributed by atoms with Gasteiger partial charge in [0.05, 0.1) is 5.56 Å². The van der Waals surface area contributed by atoms with Gasteiger partial charge in [0.25, 0.3) is 0 Å². The van der Waals surface area contributed by atoms with Crippen LogP contribution in [0.25, 0.3) is 0 Å². The van der Waals surface area contributed by atoms with Crippen LogP contribution in [0, 0.1) is 0 Å². The maximum absolute atomic E-state index is 11.7. The molecule has 0 aliphatic carbocycles. The molecule has 2 aromatic carbocycles. The van der Waals surface area contributed by atoms with Gasteiger partial charge in [-0.3, -0.25) is 4.79 Å². The van der Waals surface area contributed by atoms with Crippen LogP contribution >= 0.6 is 0 Å². The number of anilines is 2. The number of amides is 1. The molecule has 2 N–H and O–H groups in total.